The van der Waals surface area contributed by atoms with E-state index in [2.05, 4.69) is 16.0 Å². The molecule has 0 unspecified atom stereocenters. The number of nitrogens with one attached hydrogen (secondary N) is 2. The SMILES string of the molecule is O=C(NNC(=O)c1nn(-c2ccccc2)c2c1CCC2)c1cc(Cl)ccc1Cl. The highest BCUT2D eigenvalue weighted by molar-refractivity contribution is 6.35. The zero-order valence-electron chi connectivity index (χ0n) is 14.7. The molecule has 0 radical (unpaired) electrons. The minimum atomic E-state index is -0.556. The lowest BCUT2D eigenvalue weighted by Crippen LogP contribution is -2.42. The molecule has 0 atom stereocenters. The molecule has 1 aliphatic rings. The van der Waals surface area contributed by atoms with Gasteiger partial charge in [0.25, 0.3) is 11.8 Å². The lowest BCUT2D eigenvalue weighted by Gasteiger charge is -2.08. The fourth-order valence-electron chi connectivity index (χ4n) is 3.31. The van der Waals surface area contributed by atoms with E-state index in [1.807, 2.05) is 30.3 Å². The standard InChI is InChI=1S/C20H16Cl2N4O2/c21-12-9-10-16(22)15(11-12)19(27)23-24-20(28)18-14-7-4-8-17(14)26(25-18)13-5-2-1-3-6-13/h1-3,5-6,9-11H,4,7-8H2,(H,23,27)(H,24,28). The van der Waals surface area contributed by atoms with Gasteiger partial charge in [-0.05, 0) is 49.6 Å². The number of carbonyl (C=O) groups is 2. The predicted octanol–water partition coefficient (Wildman–Crippen LogP) is 3.74. The highest BCUT2D eigenvalue weighted by Gasteiger charge is 2.27. The molecule has 0 aliphatic heterocycles. The van der Waals surface area contributed by atoms with Crippen molar-refractivity contribution in [3.05, 3.63) is 81.1 Å². The summed E-state index contributed by atoms with van der Waals surface area (Å²) < 4.78 is 1.80. The zero-order chi connectivity index (χ0) is 19.7. The van der Waals surface area contributed by atoms with Crippen LogP contribution in [0.2, 0.25) is 10.0 Å². The first-order valence-electron chi connectivity index (χ1n) is 8.76. The van der Waals surface area contributed by atoms with E-state index in [1.165, 1.54) is 12.1 Å². The van der Waals surface area contributed by atoms with E-state index in [9.17, 15) is 9.59 Å². The summed E-state index contributed by atoms with van der Waals surface area (Å²) in [7, 11) is 0. The Morgan fingerprint density at radius 3 is 2.50 bits per heavy atom. The minimum Gasteiger partial charge on any atom is -0.267 e. The average molecular weight is 415 g/mol. The van der Waals surface area contributed by atoms with E-state index in [1.54, 1.807) is 10.7 Å². The molecule has 2 N–H and O–H groups in total. The van der Waals surface area contributed by atoms with Crippen molar-refractivity contribution in [3.8, 4) is 5.69 Å². The molecule has 1 heterocycles. The van der Waals surface area contributed by atoms with Gasteiger partial charge in [-0.25, -0.2) is 4.68 Å². The van der Waals surface area contributed by atoms with Gasteiger partial charge in [-0.15, -0.1) is 0 Å². The highest BCUT2D eigenvalue weighted by Crippen LogP contribution is 2.27. The molecule has 1 aromatic heterocycles. The average Bonchev–Trinajstić information content (AvgIpc) is 3.31. The molecule has 0 saturated heterocycles. The Labute approximate surface area is 171 Å². The molecule has 142 valence electrons. The number of hydrogen-bond donors (Lipinski definition) is 2. The molecule has 0 bridgehead atoms. The van der Waals surface area contributed by atoms with Crippen molar-refractivity contribution in [1.29, 1.82) is 0 Å². The monoisotopic (exact) mass is 414 g/mol. The summed E-state index contributed by atoms with van der Waals surface area (Å²) in [6.45, 7) is 0. The molecule has 0 saturated carbocycles. The number of para-hydroxylation sites is 1. The fraction of sp³-hybridized carbons (Fsp3) is 0.150. The van der Waals surface area contributed by atoms with Crippen molar-refractivity contribution in [2.24, 2.45) is 0 Å². The summed E-state index contributed by atoms with van der Waals surface area (Å²) in [5.41, 5.74) is 8.13. The third-order valence-corrected chi connectivity index (χ3v) is 5.17. The Morgan fingerprint density at radius 2 is 1.71 bits per heavy atom. The van der Waals surface area contributed by atoms with Crippen molar-refractivity contribution in [3.63, 3.8) is 0 Å². The van der Waals surface area contributed by atoms with Gasteiger partial charge >= 0.3 is 0 Å². The summed E-state index contributed by atoms with van der Waals surface area (Å²) in [5, 5.41) is 5.11. The zero-order valence-corrected chi connectivity index (χ0v) is 16.2. The first kappa shape index (κ1) is 18.5. The fourth-order valence-corrected chi connectivity index (χ4v) is 3.69. The molecule has 0 spiro atoms. The van der Waals surface area contributed by atoms with Crippen molar-refractivity contribution < 1.29 is 9.59 Å². The van der Waals surface area contributed by atoms with Gasteiger partial charge in [0.15, 0.2) is 5.69 Å². The lowest BCUT2D eigenvalue weighted by molar-refractivity contribution is 0.0843. The molecule has 3 aromatic rings. The Hall–Kier alpha value is -2.83. The second-order valence-electron chi connectivity index (χ2n) is 6.41. The topological polar surface area (TPSA) is 76.0 Å². The lowest BCUT2D eigenvalue weighted by atomic mass is 10.2. The molecule has 1 aliphatic carbocycles. The summed E-state index contributed by atoms with van der Waals surface area (Å²) in [5.74, 6) is -1.03. The normalized spacial score (nSPS) is 12.5. The maximum atomic E-state index is 12.7. The Morgan fingerprint density at radius 1 is 0.964 bits per heavy atom. The number of hydrogen-bond acceptors (Lipinski definition) is 3. The van der Waals surface area contributed by atoms with Crippen molar-refractivity contribution in [2.45, 2.75) is 19.3 Å². The highest BCUT2D eigenvalue weighted by atomic mass is 35.5. The summed E-state index contributed by atoms with van der Waals surface area (Å²) in [4.78, 5) is 25.0. The maximum absolute atomic E-state index is 12.7. The number of benzene rings is 2. The first-order valence-corrected chi connectivity index (χ1v) is 9.52. The van der Waals surface area contributed by atoms with Crippen LogP contribution in [0.5, 0.6) is 0 Å². The van der Waals surface area contributed by atoms with Crippen LogP contribution < -0.4 is 10.9 Å². The number of amides is 2. The first-order chi connectivity index (χ1) is 13.5. The van der Waals surface area contributed by atoms with Gasteiger partial charge in [-0.1, -0.05) is 41.4 Å². The molecular formula is C20H16Cl2N4O2. The largest absolute Gasteiger partial charge is 0.290 e. The third kappa shape index (κ3) is 3.48. The Kier molecular flexibility index (Phi) is 5.07. The summed E-state index contributed by atoms with van der Waals surface area (Å²) in [6, 6.07) is 14.2. The quantitative estimate of drug-likeness (QED) is 0.640. The van der Waals surface area contributed by atoms with E-state index in [-0.39, 0.29) is 10.6 Å². The van der Waals surface area contributed by atoms with E-state index in [0.717, 1.165) is 36.2 Å². The van der Waals surface area contributed by atoms with Crippen LogP contribution in [0, 0.1) is 0 Å². The number of halogens is 2. The minimum absolute atomic E-state index is 0.175. The van der Waals surface area contributed by atoms with Gasteiger partial charge in [-0.2, -0.15) is 5.10 Å². The molecule has 8 heteroatoms. The van der Waals surface area contributed by atoms with Crippen LogP contribution in [-0.4, -0.2) is 21.6 Å². The van der Waals surface area contributed by atoms with Crippen LogP contribution in [0.15, 0.2) is 48.5 Å². The molecule has 6 nitrogen and oxygen atoms in total. The van der Waals surface area contributed by atoms with E-state index >= 15 is 0 Å². The van der Waals surface area contributed by atoms with Crippen LogP contribution >= 0.6 is 23.2 Å². The molecule has 2 amide bonds. The third-order valence-electron chi connectivity index (χ3n) is 4.61. The van der Waals surface area contributed by atoms with E-state index < -0.39 is 11.8 Å². The number of rotatable bonds is 3. The smallest absolute Gasteiger partial charge is 0.267 e. The number of aromatic nitrogens is 2. The van der Waals surface area contributed by atoms with Gasteiger partial charge in [-0.3, -0.25) is 20.4 Å². The van der Waals surface area contributed by atoms with Gasteiger partial charge < -0.3 is 0 Å². The van der Waals surface area contributed by atoms with E-state index in [4.69, 9.17) is 23.2 Å². The van der Waals surface area contributed by atoms with Gasteiger partial charge in [0.1, 0.15) is 0 Å². The molecular weight excluding hydrogens is 399 g/mol. The van der Waals surface area contributed by atoms with Crippen LogP contribution in [0.3, 0.4) is 0 Å². The molecule has 0 fully saturated rings. The van der Waals surface area contributed by atoms with Crippen molar-refractivity contribution >= 4 is 35.0 Å². The van der Waals surface area contributed by atoms with Crippen LogP contribution in [0.4, 0.5) is 0 Å². The second-order valence-corrected chi connectivity index (χ2v) is 7.25. The maximum Gasteiger partial charge on any atom is 0.290 e. The van der Waals surface area contributed by atoms with Gasteiger partial charge in [0.2, 0.25) is 0 Å². The van der Waals surface area contributed by atoms with Crippen molar-refractivity contribution in [1.82, 2.24) is 20.6 Å². The second kappa shape index (κ2) is 7.66. The van der Waals surface area contributed by atoms with Crippen LogP contribution in [0.25, 0.3) is 5.69 Å². The number of nitrogens with zero attached hydrogens (tertiary/aromatic N) is 2. The van der Waals surface area contributed by atoms with Gasteiger partial charge in [0, 0.05) is 16.3 Å². The van der Waals surface area contributed by atoms with Crippen molar-refractivity contribution in [2.75, 3.05) is 0 Å². The van der Waals surface area contributed by atoms with Crippen LogP contribution in [0.1, 0.15) is 38.5 Å². The van der Waals surface area contributed by atoms with Gasteiger partial charge in [0.05, 0.1) is 16.3 Å². The van der Waals surface area contributed by atoms with Crippen LogP contribution in [-0.2, 0) is 12.8 Å². The number of hydrazine groups is 1. The molecule has 4 rings (SSSR count). The Balaban J connectivity index is 1.54. The molecule has 2 aromatic carbocycles. The summed E-state index contributed by atoms with van der Waals surface area (Å²) in [6.07, 6.45) is 2.60. The Bertz CT molecular complexity index is 1060. The predicted molar refractivity (Wildman–Crippen MR) is 107 cm³/mol. The number of fused-ring (bicyclic) bond motifs is 1. The summed E-state index contributed by atoms with van der Waals surface area (Å²) >= 11 is 11.9. The van der Waals surface area contributed by atoms with E-state index in [0.29, 0.717) is 10.7 Å². The molecule has 28 heavy (non-hydrogen) atoms. The number of carbonyl (C=O) groups excluding carboxylic acids is 2.